The van der Waals surface area contributed by atoms with Crippen molar-refractivity contribution in [2.45, 2.75) is 62.7 Å². The van der Waals surface area contributed by atoms with Crippen LogP contribution in [0.4, 0.5) is 0 Å². The van der Waals surface area contributed by atoms with E-state index in [1.807, 2.05) is 30.3 Å². The third kappa shape index (κ3) is 9.35. The smallest absolute Gasteiger partial charge is 0.326 e. The number of guanidine groups is 1. The maximum absolute atomic E-state index is 13.1. The minimum absolute atomic E-state index is 0.000696. The Morgan fingerprint density at radius 2 is 1.74 bits per heavy atom. The first kappa shape index (κ1) is 30.0. The molecule has 1 saturated heterocycles. The first-order valence-corrected chi connectivity index (χ1v) is 12.3. The summed E-state index contributed by atoms with van der Waals surface area (Å²) in [5.41, 5.74) is 22.7. The maximum Gasteiger partial charge on any atom is 0.326 e. The molecule has 4 unspecified atom stereocenters. The third-order valence-corrected chi connectivity index (χ3v) is 6.05. The molecule has 14 nitrogen and oxygen atoms in total. The lowest BCUT2D eigenvalue weighted by Gasteiger charge is -2.28. The van der Waals surface area contributed by atoms with Crippen molar-refractivity contribution in [2.75, 3.05) is 13.1 Å². The number of benzene rings is 1. The highest BCUT2D eigenvalue weighted by Crippen LogP contribution is 2.19. The van der Waals surface area contributed by atoms with E-state index in [0.717, 1.165) is 5.56 Å². The molecule has 4 amide bonds. The van der Waals surface area contributed by atoms with Crippen LogP contribution in [-0.4, -0.2) is 82.8 Å². The monoisotopic (exact) mass is 532 g/mol. The Morgan fingerprint density at radius 3 is 2.34 bits per heavy atom. The normalized spacial score (nSPS) is 17.1. The summed E-state index contributed by atoms with van der Waals surface area (Å²) in [7, 11) is 0. The van der Waals surface area contributed by atoms with Gasteiger partial charge in [-0.2, -0.15) is 0 Å². The van der Waals surface area contributed by atoms with Crippen molar-refractivity contribution in [1.29, 1.82) is 0 Å². The van der Waals surface area contributed by atoms with Gasteiger partial charge in [0, 0.05) is 13.1 Å². The molecule has 0 radical (unpaired) electrons. The molecule has 38 heavy (non-hydrogen) atoms. The molecule has 1 aliphatic rings. The van der Waals surface area contributed by atoms with Gasteiger partial charge in [0.05, 0.1) is 12.5 Å². The van der Waals surface area contributed by atoms with E-state index in [1.165, 1.54) is 4.90 Å². The predicted octanol–water partition coefficient (Wildman–Crippen LogP) is -2.47. The van der Waals surface area contributed by atoms with Crippen LogP contribution in [0.25, 0.3) is 0 Å². The zero-order valence-electron chi connectivity index (χ0n) is 21.0. The SMILES string of the molecule is NC(=O)CC(NC(=O)C1CCCN1C(=O)C(N)Cc1ccccc1)C(=O)NC(CCCN=C(N)N)C(=O)O. The summed E-state index contributed by atoms with van der Waals surface area (Å²) in [5.74, 6) is -4.31. The van der Waals surface area contributed by atoms with Gasteiger partial charge in [0.25, 0.3) is 0 Å². The van der Waals surface area contributed by atoms with E-state index >= 15 is 0 Å². The number of rotatable bonds is 14. The quantitative estimate of drug-likeness (QED) is 0.0760. The summed E-state index contributed by atoms with van der Waals surface area (Å²) in [5, 5.41) is 14.2. The van der Waals surface area contributed by atoms with Gasteiger partial charge < -0.3 is 43.6 Å². The van der Waals surface area contributed by atoms with E-state index in [0.29, 0.717) is 19.4 Å². The number of likely N-dealkylation sites (tertiary alicyclic amines) is 1. The van der Waals surface area contributed by atoms with Crippen molar-refractivity contribution < 1.29 is 29.1 Å². The largest absolute Gasteiger partial charge is 0.480 e. The molecular weight excluding hydrogens is 496 g/mol. The number of aliphatic carboxylic acids is 1. The molecule has 2 rings (SSSR count). The van der Waals surface area contributed by atoms with Gasteiger partial charge in [-0.05, 0) is 37.7 Å². The van der Waals surface area contributed by atoms with Gasteiger partial charge in [-0.25, -0.2) is 4.79 Å². The number of nitrogens with zero attached hydrogens (tertiary/aromatic N) is 2. The summed E-state index contributed by atoms with van der Waals surface area (Å²) in [6.45, 7) is 0.463. The number of aliphatic imine (C=N–C) groups is 1. The second-order valence-electron chi connectivity index (χ2n) is 9.07. The van der Waals surface area contributed by atoms with Crippen LogP contribution < -0.4 is 33.6 Å². The van der Waals surface area contributed by atoms with Gasteiger partial charge in [0.1, 0.15) is 18.1 Å². The third-order valence-electron chi connectivity index (χ3n) is 6.05. The molecule has 1 fully saturated rings. The van der Waals surface area contributed by atoms with Gasteiger partial charge in [0.15, 0.2) is 5.96 Å². The second kappa shape index (κ2) is 14.5. The van der Waals surface area contributed by atoms with E-state index < -0.39 is 60.2 Å². The molecule has 208 valence electrons. The summed E-state index contributed by atoms with van der Waals surface area (Å²) < 4.78 is 0. The predicted molar refractivity (Wildman–Crippen MR) is 138 cm³/mol. The lowest BCUT2D eigenvalue weighted by atomic mass is 10.0. The number of amides is 4. The molecule has 0 aliphatic carbocycles. The highest BCUT2D eigenvalue weighted by Gasteiger charge is 2.38. The van der Waals surface area contributed by atoms with E-state index in [-0.39, 0.29) is 31.8 Å². The number of carboxylic acid groups (broad SMARTS) is 1. The number of nitrogens with two attached hydrogens (primary N) is 4. The van der Waals surface area contributed by atoms with Crippen LogP contribution in [0.2, 0.25) is 0 Å². The maximum atomic E-state index is 13.1. The topological polar surface area (TPSA) is 249 Å². The Morgan fingerprint density at radius 1 is 1.05 bits per heavy atom. The Hall–Kier alpha value is -4.20. The molecule has 11 N–H and O–H groups in total. The van der Waals surface area contributed by atoms with Crippen LogP contribution >= 0.6 is 0 Å². The van der Waals surface area contributed by atoms with Gasteiger partial charge in [0.2, 0.25) is 23.6 Å². The summed E-state index contributed by atoms with van der Waals surface area (Å²) in [6, 6.07) is 4.69. The average Bonchev–Trinajstić information content (AvgIpc) is 3.35. The van der Waals surface area contributed by atoms with Crippen molar-refractivity contribution >= 4 is 35.6 Å². The van der Waals surface area contributed by atoms with E-state index in [1.54, 1.807) is 0 Å². The Kier molecular flexibility index (Phi) is 11.5. The first-order valence-electron chi connectivity index (χ1n) is 12.3. The van der Waals surface area contributed by atoms with Gasteiger partial charge in [-0.1, -0.05) is 30.3 Å². The molecule has 0 spiro atoms. The zero-order valence-corrected chi connectivity index (χ0v) is 21.0. The zero-order chi connectivity index (χ0) is 28.2. The number of carbonyl (C=O) groups is 5. The van der Waals surface area contributed by atoms with Crippen LogP contribution in [0.3, 0.4) is 0 Å². The molecular formula is C24H36N8O6. The van der Waals surface area contributed by atoms with Crippen LogP contribution in [0, 0.1) is 0 Å². The lowest BCUT2D eigenvalue weighted by Crippen LogP contribution is -2.57. The fraction of sp³-hybridized carbons (Fsp3) is 0.500. The van der Waals surface area contributed by atoms with Crippen molar-refractivity contribution in [3.63, 3.8) is 0 Å². The number of hydrogen-bond acceptors (Lipinski definition) is 7. The molecule has 1 aliphatic heterocycles. The second-order valence-corrected chi connectivity index (χ2v) is 9.07. The Bertz CT molecular complexity index is 1030. The molecule has 14 heteroatoms. The Labute approximate surface area is 220 Å². The lowest BCUT2D eigenvalue weighted by molar-refractivity contribution is -0.143. The van der Waals surface area contributed by atoms with Crippen molar-refractivity contribution in [3.05, 3.63) is 35.9 Å². The van der Waals surface area contributed by atoms with E-state index in [9.17, 15) is 29.1 Å². The Balaban J connectivity index is 2.05. The van der Waals surface area contributed by atoms with Gasteiger partial charge >= 0.3 is 5.97 Å². The van der Waals surface area contributed by atoms with Crippen molar-refractivity contribution in [1.82, 2.24) is 15.5 Å². The number of primary amides is 1. The number of nitrogens with one attached hydrogen (secondary N) is 2. The fourth-order valence-electron chi connectivity index (χ4n) is 4.18. The highest BCUT2D eigenvalue weighted by molar-refractivity contribution is 5.96. The van der Waals surface area contributed by atoms with Gasteiger partial charge in [-0.3, -0.25) is 24.2 Å². The average molecular weight is 533 g/mol. The van der Waals surface area contributed by atoms with Crippen LogP contribution in [0.5, 0.6) is 0 Å². The van der Waals surface area contributed by atoms with Crippen LogP contribution in [-0.2, 0) is 30.4 Å². The van der Waals surface area contributed by atoms with Crippen LogP contribution in [0.15, 0.2) is 35.3 Å². The van der Waals surface area contributed by atoms with E-state index in [4.69, 9.17) is 22.9 Å². The van der Waals surface area contributed by atoms with Crippen molar-refractivity contribution in [2.24, 2.45) is 27.9 Å². The molecule has 1 aromatic carbocycles. The number of carbonyl (C=O) groups excluding carboxylic acids is 4. The summed E-state index contributed by atoms with van der Waals surface area (Å²) in [6.07, 6.45) is 0.862. The standard InChI is InChI=1S/C24H36N8O6/c25-15(12-14-6-2-1-3-7-14)22(36)32-11-5-9-18(32)21(35)31-17(13-19(26)33)20(34)30-16(23(37)38)8-4-10-29-24(27)28/h1-3,6-7,15-18H,4-5,8-13,25H2,(H2,26,33)(H,30,34)(H,31,35)(H,37,38)(H4,27,28,29). The highest BCUT2D eigenvalue weighted by atomic mass is 16.4. The molecule has 1 aromatic rings. The minimum Gasteiger partial charge on any atom is -0.480 e. The van der Waals surface area contributed by atoms with Crippen LogP contribution in [0.1, 0.15) is 37.7 Å². The molecule has 0 bridgehead atoms. The molecule has 1 heterocycles. The molecule has 4 atom stereocenters. The van der Waals surface area contributed by atoms with E-state index in [2.05, 4.69) is 15.6 Å². The summed E-state index contributed by atoms with van der Waals surface area (Å²) >= 11 is 0. The van der Waals surface area contributed by atoms with Gasteiger partial charge in [-0.15, -0.1) is 0 Å². The fourth-order valence-corrected chi connectivity index (χ4v) is 4.18. The number of hydrogen-bond donors (Lipinski definition) is 7. The minimum atomic E-state index is -1.44. The van der Waals surface area contributed by atoms with Crippen molar-refractivity contribution in [3.8, 4) is 0 Å². The summed E-state index contributed by atoms with van der Waals surface area (Å²) in [4.78, 5) is 67.3. The number of carboxylic acids is 1. The molecule has 0 saturated carbocycles. The first-order chi connectivity index (χ1) is 18.0. The molecule has 0 aromatic heterocycles.